The molecule has 1 aromatic carbocycles. The van der Waals surface area contributed by atoms with Crippen LogP contribution in [0.15, 0.2) is 24.3 Å². The predicted octanol–water partition coefficient (Wildman–Crippen LogP) is 2.49. The van der Waals surface area contributed by atoms with Crippen LogP contribution in [0.25, 0.3) is 0 Å². The summed E-state index contributed by atoms with van der Waals surface area (Å²) >= 11 is 6.15. The average molecular weight is 252 g/mol. The van der Waals surface area contributed by atoms with Crippen LogP contribution in [0, 0.1) is 11.3 Å². The Balaban J connectivity index is 1.99. The molecule has 0 amide bonds. The lowest BCUT2D eigenvalue weighted by Crippen LogP contribution is -2.40. The first-order valence-electron chi connectivity index (χ1n) is 5.96. The maximum absolute atomic E-state index is 7.53. The summed E-state index contributed by atoms with van der Waals surface area (Å²) in [5.74, 6) is 0.528. The second-order valence-electron chi connectivity index (χ2n) is 4.62. The highest BCUT2D eigenvalue weighted by molar-refractivity contribution is 6.31. The van der Waals surface area contributed by atoms with Crippen molar-refractivity contribution >= 4 is 17.4 Å². The number of rotatable bonds is 3. The summed E-state index contributed by atoms with van der Waals surface area (Å²) in [5, 5.41) is 8.34. The quantitative estimate of drug-likeness (QED) is 0.641. The minimum Gasteiger partial charge on any atom is -0.387 e. The molecule has 0 radical (unpaired) electrons. The Hall–Kier alpha value is -1.06. The van der Waals surface area contributed by atoms with Crippen LogP contribution in [0.1, 0.15) is 18.4 Å². The van der Waals surface area contributed by atoms with Gasteiger partial charge in [0.25, 0.3) is 0 Å². The average Bonchev–Trinajstić information content (AvgIpc) is 2.32. The van der Waals surface area contributed by atoms with Gasteiger partial charge in [-0.2, -0.15) is 0 Å². The van der Waals surface area contributed by atoms with Crippen LogP contribution in [0.5, 0.6) is 0 Å². The van der Waals surface area contributed by atoms with Gasteiger partial charge >= 0.3 is 0 Å². The molecule has 3 N–H and O–H groups in total. The number of nitrogens with two attached hydrogens (primary N) is 1. The highest BCUT2D eigenvalue weighted by atomic mass is 35.5. The highest BCUT2D eigenvalue weighted by Crippen LogP contribution is 2.21. The summed E-state index contributed by atoms with van der Waals surface area (Å²) in [7, 11) is 0. The third-order valence-corrected chi connectivity index (χ3v) is 3.67. The molecule has 1 unspecified atom stereocenters. The summed E-state index contributed by atoms with van der Waals surface area (Å²) in [4.78, 5) is 2.33. The van der Waals surface area contributed by atoms with E-state index in [9.17, 15) is 0 Å². The van der Waals surface area contributed by atoms with Gasteiger partial charge in [0.1, 0.15) is 0 Å². The lowest BCUT2D eigenvalue weighted by Gasteiger charge is -2.32. The molecule has 92 valence electrons. The number of likely N-dealkylation sites (tertiary alicyclic amines) is 1. The smallest absolute Gasteiger partial charge is 0.0949 e. The molecule has 0 aromatic heterocycles. The van der Waals surface area contributed by atoms with Crippen molar-refractivity contribution in [3.05, 3.63) is 34.9 Å². The van der Waals surface area contributed by atoms with E-state index >= 15 is 0 Å². The number of amidine groups is 1. The molecule has 3 nitrogen and oxygen atoms in total. The first-order valence-corrected chi connectivity index (χ1v) is 6.34. The molecule has 4 heteroatoms. The zero-order valence-electron chi connectivity index (χ0n) is 9.82. The lowest BCUT2D eigenvalue weighted by molar-refractivity contribution is 0.196. The van der Waals surface area contributed by atoms with Crippen LogP contribution < -0.4 is 5.73 Å². The Labute approximate surface area is 107 Å². The first kappa shape index (κ1) is 12.4. The largest absolute Gasteiger partial charge is 0.387 e. The molecule has 17 heavy (non-hydrogen) atoms. The minimum absolute atomic E-state index is 0.214. The molecule has 1 atom stereocenters. The maximum atomic E-state index is 7.53. The Morgan fingerprint density at radius 1 is 1.47 bits per heavy atom. The molecule has 1 saturated heterocycles. The normalized spacial score (nSPS) is 21.4. The van der Waals surface area contributed by atoms with Gasteiger partial charge in [-0.15, -0.1) is 0 Å². The second-order valence-corrected chi connectivity index (χ2v) is 5.03. The fraction of sp³-hybridized carbons (Fsp3) is 0.462. The van der Waals surface area contributed by atoms with Gasteiger partial charge in [0.05, 0.1) is 5.84 Å². The fourth-order valence-electron chi connectivity index (χ4n) is 2.32. The van der Waals surface area contributed by atoms with Crippen molar-refractivity contribution in [2.75, 3.05) is 13.1 Å². The van der Waals surface area contributed by atoms with Crippen molar-refractivity contribution in [2.45, 2.75) is 19.4 Å². The van der Waals surface area contributed by atoms with Crippen molar-refractivity contribution in [1.82, 2.24) is 4.90 Å². The predicted molar refractivity (Wildman–Crippen MR) is 71.4 cm³/mol. The molecular formula is C13H18ClN3. The van der Waals surface area contributed by atoms with Crippen LogP contribution >= 0.6 is 11.6 Å². The van der Waals surface area contributed by atoms with Gasteiger partial charge in [-0.1, -0.05) is 29.8 Å². The number of hydrogen-bond donors (Lipinski definition) is 2. The molecule has 1 aliphatic rings. The molecule has 0 saturated carbocycles. The van der Waals surface area contributed by atoms with Gasteiger partial charge in [-0.3, -0.25) is 10.3 Å². The minimum atomic E-state index is 0.214. The third kappa shape index (κ3) is 3.20. The molecule has 0 spiro atoms. The van der Waals surface area contributed by atoms with E-state index in [2.05, 4.69) is 11.0 Å². The topological polar surface area (TPSA) is 53.1 Å². The van der Waals surface area contributed by atoms with Gasteiger partial charge in [0.15, 0.2) is 0 Å². The number of piperidine rings is 1. The number of nitrogens with zero attached hydrogens (tertiary/aromatic N) is 1. The number of benzene rings is 1. The third-order valence-electron chi connectivity index (χ3n) is 3.30. The Bertz CT molecular complexity index is 405. The van der Waals surface area contributed by atoms with Crippen LogP contribution in [-0.4, -0.2) is 23.8 Å². The summed E-state index contributed by atoms with van der Waals surface area (Å²) in [6.07, 6.45) is 2.14. The monoisotopic (exact) mass is 251 g/mol. The molecule has 1 heterocycles. The molecule has 1 aromatic rings. The highest BCUT2D eigenvalue weighted by Gasteiger charge is 2.22. The van der Waals surface area contributed by atoms with E-state index < -0.39 is 0 Å². The van der Waals surface area contributed by atoms with E-state index in [1.54, 1.807) is 0 Å². The summed E-state index contributed by atoms with van der Waals surface area (Å²) in [6, 6.07) is 7.93. The molecule has 2 rings (SSSR count). The number of halogens is 1. The van der Waals surface area contributed by atoms with Gasteiger partial charge < -0.3 is 5.73 Å². The van der Waals surface area contributed by atoms with Crippen LogP contribution in [-0.2, 0) is 6.54 Å². The van der Waals surface area contributed by atoms with Gasteiger partial charge in [-0.25, -0.2) is 0 Å². The summed E-state index contributed by atoms with van der Waals surface area (Å²) in [5.41, 5.74) is 6.73. The van der Waals surface area contributed by atoms with E-state index in [1.807, 2.05) is 18.2 Å². The number of hydrogen-bond acceptors (Lipinski definition) is 2. The van der Waals surface area contributed by atoms with E-state index in [1.165, 1.54) is 0 Å². The zero-order chi connectivity index (χ0) is 12.3. The summed E-state index contributed by atoms with van der Waals surface area (Å²) < 4.78 is 0. The zero-order valence-corrected chi connectivity index (χ0v) is 10.6. The van der Waals surface area contributed by atoms with E-state index in [-0.39, 0.29) is 5.92 Å². The van der Waals surface area contributed by atoms with E-state index in [0.717, 1.165) is 43.1 Å². The standard InChI is InChI=1S/C13H18ClN3/c14-12-6-2-1-4-10(12)8-17-7-3-5-11(9-17)13(15)16/h1-2,4,6,11H,3,5,7-9H2,(H3,15,16). The van der Waals surface area contributed by atoms with E-state index in [0.29, 0.717) is 5.84 Å². The van der Waals surface area contributed by atoms with Crippen LogP contribution in [0.3, 0.4) is 0 Å². The number of nitrogens with one attached hydrogen (secondary N) is 1. The molecule has 1 fully saturated rings. The van der Waals surface area contributed by atoms with Gasteiger partial charge in [0.2, 0.25) is 0 Å². The van der Waals surface area contributed by atoms with Crippen LogP contribution in [0.4, 0.5) is 0 Å². The SMILES string of the molecule is N=C(N)C1CCCN(Cc2ccccc2Cl)C1. The molecule has 0 aliphatic carbocycles. The Kier molecular flexibility index (Phi) is 4.02. The summed E-state index contributed by atoms with van der Waals surface area (Å²) in [6.45, 7) is 2.79. The second kappa shape index (κ2) is 5.52. The maximum Gasteiger partial charge on any atom is 0.0949 e. The van der Waals surface area contributed by atoms with E-state index in [4.69, 9.17) is 22.7 Å². The van der Waals surface area contributed by atoms with Gasteiger partial charge in [-0.05, 0) is 31.0 Å². The fourth-order valence-corrected chi connectivity index (χ4v) is 2.52. The molecular weight excluding hydrogens is 234 g/mol. The Morgan fingerprint density at radius 2 is 2.24 bits per heavy atom. The molecule has 1 aliphatic heterocycles. The van der Waals surface area contributed by atoms with Crippen molar-refractivity contribution in [3.63, 3.8) is 0 Å². The van der Waals surface area contributed by atoms with Crippen molar-refractivity contribution in [1.29, 1.82) is 5.41 Å². The van der Waals surface area contributed by atoms with Crippen molar-refractivity contribution in [2.24, 2.45) is 11.7 Å². The first-order chi connectivity index (χ1) is 8.16. The lowest BCUT2D eigenvalue weighted by atomic mass is 9.96. The Morgan fingerprint density at radius 3 is 2.94 bits per heavy atom. The van der Waals surface area contributed by atoms with Crippen molar-refractivity contribution in [3.8, 4) is 0 Å². The van der Waals surface area contributed by atoms with Gasteiger partial charge in [0, 0.05) is 24.0 Å². The van der Waals surface area contributed by atoms with Crippen molar-refractivity contribution < 1.29 is 0 Å². The van der Waals surface area contributed by atoms with Crippen LogP contribution in [0.2, 0.25) is 5.02 Å². The molecule has 0 bridgehead atoms.